The quantitative estimate of drug-likeness (QED) is 0.743. The third kappa shape index (κ3) is 2.89. The third-order valence-corrected chi connectivity index (χ3v) is 4.16. The molecular formula is C10H19NO2S. The lowest BCUT2D eigenvalue weighted by Gasteiger charge is -2.24. The van der Waals surface area contributed by atoms with Crippen LogP contribution in [0.25, 0.3) is 0 Å². The van der Waals surface area contributed by atoms with Crippen LogP contribution in [0.4, 0.5) is 0 Å². The number of aliphatic hydroxyl groups excluding tert-OH is 1. The van der Waals surface area contributed by atoms with Crippen LogP contribution in [0.15, 0.2) is 0 Å². The highest BCUT2D eigenvalue weighted by molar-refractivity contribution is 8.01. The number of thioether (sulfide) groups is 1. The van der Waals surface area contributed by atoms with Gasteiger partial charge in [-0.1, -0.05) is 0 Å². The van der Waals surface area contributed by atoms with Crippen LogP contribution in [0.5, 0.6) is 0 Å². The molecule has 0 aromatic rings. The number of aliphatic hydroxyl groups is 1. The molecule has 1 fully saturated rings. The number of carbonyl (C=O) groups is 1. The van der Waals surface area contributed by atoms with Crippen LogP contribution in [-0.2, 0) is 4.79 Å². The maximum Gasteiger partial charge on any atom is 0.236 e. The molecule has 82 valence electrons. The summed E-state index contributed by atoms with van der Waals surface area (Å²) in [6.45, 7) is 4.06. The number of rotatable bonds is 4. The van der Waals surface area contributed by atoms with Crippen LogP contribution in [0, 0.1) is 0 Å². The van der Waals surface area contributed by atoms with Crippen LogP contribution in [0.2, 0.25) is 0 Å². The van der Waals surface area contributed by atoms with Gasteiger partial charge in [0.2, 0.25) is 5.91 Å². The van der Waals surface area contributed by atoms with Crippen LogP contribution in [-0.4, -0.2) is 34.2 Å². The number of hydrogen-bond acceptors (Lipinski definition) is 3. The molecule has 0 saturated carbocycles. The molecule has 2 atom stereocenters. The topological polar surface area (TPSA) is 49.3 Å². The Balaban J connectivity index is 2.40. The minimum absolute atomic E-state index is 0.0746. The lowest BCUT2D eigenvalue weighted by Crippen LogP contribution is -2.44. The van der Waals surface area contributed by atoms with E-state index in [2.05, 4.69) is 5.32 Å². The molecule has 0 aliphatic carbocycles. The highest BCUT2D eigenvalue weighted by Gasteiger charge is 2.37. The molecule has 0 aromatic carbocycles. The van der Waals surface area contributed by atoms with Crippen LogP contribution < -0.4 is 5.32 Å². The Morgan fingerprint density at radius 3 is 2.93 bits per heavy atom. The van der Waals surface area contributed by atoms with E-state index >= 15 is 0 Å². The van der Waals surface area contributed by atoms with Crippen molar-refractivity contribution in [3.63, 3.8) is 0 Å². The molecule has 1 heterocycles. The van der Waals surface area contributed by atoms with E-state index in [0.29, 0.717) is 6.42 Å². The summed E-state index contributed by atoms with van der Waals surface area (Å²) in [5.41, 5.74) is 0. The maximum atomic E-state index is 11.8. The summed E-state index contributed by atoms with van der Waals surface area (Å²) in [6.07, 6.45) is 2.73. The molecule has 2 N–H and O–H groups in total. The Hall–Kier alpha value is -0.220. The van der Waals surface area contributed by atoms with Crippen molar-refractivity contribution in [3.05, 3.63) is 0 Å². The van der Waals surface area contributed by atoms with Gasteiger partial charge in [0, 0.05) is 12.6 Å². The van der Waals surface area contributed by atoms with E-state index in [1.807, 2.05) is 13.8 Å². The van der Waals surface area contributed by atoms with E-state index in [0.717, 1.165) is 18.6 Å². The zero-order valence-corrected chi connectivity index (χ0v) is 9.69. The summed E-state index contributed by atoms with van der Waals surface area (Å²) in [5, 5.41) is 11.7. The van der Waals surface area contributed by atoms with Crippen molar-refractivity contribution in [3.8, 4) is 0 Å². The predicted molar refractivity (Wildman–Crippen MR) is 59.4 cm³/mol. The van der Waals surface area contributed by atoms with Crippen molar-refractivity contribution in [2.24, 2.45) is 0 Å². The molecule has 3 nitrogen and oxygen atoms in total. The molecule has 0 aromatic heterocycles. The van der Waals surface area contributed by atoms with Crippen molar-refractivity contribution in [2.75, 3.05) is 12.4 Å². The maximum absolute atomic E-state index is 11.8. The van der Waals surface area contributed by atoms with Gasteiger partial charge in [0.05, 0.1) is 4.75 Å². The van der Waals surface area contributed by atoms with Crippen LogP contribution in [0.3, 0.4) is 0 Å². The minimum Gasteiger partial charge on any atom is -0.396 e. The molecular weight excluding hydrogens is 198 g/mol. The Morgan fingerprint density at radius 2 is 2.43 bits per heavy atom. The Morgan fingerprint density at radius 1 is 1.71 bits per heavy atom. The van der Waals surface area contributed by atoms with E-state index in [-0.39, 0.29) is 23.3 Å². The molecule has 1 rings (SSSR count). The molecule has 1 aliphatic heterocycles. The van der Waals surface area contributed by atoms with Gasteiger partial charge in [-0.25, -0.2) is 0 Å². The number of hydrogen-bond donors (Lipinski definition) is 2. The highest BCUT2D eigenvalue weighted by Crippen LogP contribution is 2.37. The van der Waals surface area contributed by atoms with Gasteiger partial charge < -0.3 is 10.4 Å². The largest absolute Gasteiger partial charge is 0.396 e. The summed E-state index contributed by atoms with van der Waals surface area (Å²) in [4.78, 5) is 11.8. The summed E-state index contributed by atoms with van der Waals surface area (Å²) in [7, 11) is 0. The zero-order valence-electron chi connectivity index (χ0n) is 8.88. The zero-order chi connectivity index (χ0) is 10.6. The average Bonchev–Trinajstić information content (AvgIpc) is 2.54. The Kier molecular flexibility index (Phi) is 4.26. The van der Waals surface area contributed by atoms with Crippen molar-refractivity contribution in [2.45, 2.75) is 43.9 Å². The fourth-order valence-electron chi connectivity index (χ4n) is 1.60. The first-order valence-electron chi connectivity index (χ1n) is 5.14. The van der Waals surface area contributed by atoms with E-state index in [9.17, 15) is 4.79 Å². The number of amides is 1. The molecule has 1 amide bonds. The van der Waals surface area contributed by atoms with Gasteiger partial charge in [-0.2, -0.15) is 0 Å². The molecule has 0 radical (unpaired) electrons. The van der Waals surface area contributed by atoms with E-state index in [1.165, 1.54) is 0 Å². The minimum atomic E-state index is -0.232. The van der Waals surface area contributed by atoms with Crippen molar-refractivity contribution >= 4 is 17.7 Å². The molecule has 1 aliphatic rings. The second-order valence-electron chi connectivity index (χ2n) is 4.07. The van der Waals surface area contributed by atoms with Gasteiger partial charge in [-0.05, 0) is 38.9 Å². The normalized spacial score (nSPS) is 28.8. The van der Waals surface area contributed by atoms with Crippen LogP contribution in [0.1, 0.15) is 33.1 Å². The second-order valence-corrected chi connectivity index (χ2v) is 5.67. The fourth-order valence-corrected chi connectivity index (χ4v) is 2.82. The van der Waals surface area contributed by atoms with E-state index in [1.54, 1.807) is 11.8 Å². The molecule has 4 heteroatoms. The van der Waals surface area contributed by atoms with Gasteiger partial charge in [-0.15, -0.1) is 11.8 Å². The predicted octanol–water partition coefficient (Wildman–Crippen LogP) is 1.16. The van der Waals surface area contributed by atoms with E-state index < -0.39 is 0 Å². The summed E-state index contributed by atoms with van der Waals surface area (Å²) in [6, 6.07) is 0.0746. The van der Waals surface area contributed by atoms with Gasteiger partial charge in [0.25, 0.3) is 0 Å². The molecule has 0 spiro atoms. The Labute approximate surface area is 89.6 Å². The SMILES string of the molecule is CC(CCO)NC(=O)C1(C)CCCS1. The van der Waals surface area contributed by atoms with Crippen molar-refractivity contribution in [1.29, 1.82) is 0 Å². The number of carbonyl (C=O) groups excluding carboxylic acids is 1. The molecule has 14 heavy (non-hydrogen) atoms. The van der Waals surface area contributed by atoms with Crippen LogP contribution >= 0.6 is 11.8 Å². The summed E-state index contributed by atoms with van der Waals surface area (Å²) < 4.78 is -0.232. The first kappa shape index (κ1) is 11.9. The van der Waals surface area contributed by atoms with Gasteiger partial charge in [0.15, 0.2) is 0 Å². The average molecular weight is 217 g/mol. The first-order chi connectivity index (χ1) is 6.58. The molecule has 2 unspecified atom stereocenters. The standard InChI is InChI=1S/C10H19NO2S/c1-8(4-6-12)11-9(13)10(2)5-3-7-14-10/h8,12H,3-7H2,1-2H3,(H,11,13). The lowest BCUT2D eigenvalue weighted by atomic mass is 10.0. The highest BCUT2D eigenvalue weighted by atomic mass is 32.2. The lowest BCUT2D eigenvalue weighted by molar-refractivity contribution is -0.123. The van der Waals surface area contributed by atoms with Crippen molar-refractivity contribution in [1.82, 2.24) is 5.32 Å². The number of nitrogens with one attached hydrogen (secondary N) is 1. The van der Waals surface area contributed by atoms with Gasteiger partial charge >= 0.3 is 0 Å². The second kappa shape index (κ2) is 5.03. The van der Waals surface area contributed by atoms with Crippen molar-refractivity contribution < 1.29 is 9.90 Å². The fraction of sp³-hybridized carbons (Fsp3) is 0.900. The smallest absolute Gasteiger partial charge is 0.236 e. The van der Waals surface area contributed by atoms with E-state index in [4.69, 9.17) is 5.11 Å². The first-order valence-corrected chi connectivity index (χ1v) is 6.13. The Bertz CT molecular complexity index is 202. The summed E-state index contributed by atoms with van der Waals surface area (Å²) >= 11 is 1.74. The third-order valence-electron chi connectivity index (χ3n) is 2.64. The monoisotopic (exact) mass is 217 g/mol. The molecule has 0 bridgehead atoms. The summed E-state index contributed by atoms with van der Waals surface area (Å²) in [5.74, 6) is 1.21. The molecule has 1 saturated heterocycles. The van der Waals surface area contributed by atoms with Gasteiger partial charge in [-0.3, -0.25) is 4.79 Å². The van der Waals surface area contributed by atoms with Gasteiger partial charge in [0.1, 0.15) is 0 Å².